The van der Waals surface area contributed by atoms with Crippen LogP contribution in [0.15, 0.2) is 60.0 Å². The quantitative estimate of drug-likeness (QED) is 0.145. The molecule has 0 bridgehead atoms. The van der Waals surface area contributed by atoms with Crippen LogP contribution >= 0.6 is 0 Å². The van der Waals surface area contributed by atoms with Crippen LogP contribution in [-0.4, -0.2) is 88.9 Å². The molecule has 0 saturated heterocycles. The lowest BCUT2D eigenvalue weighted by Crippen LogP contribution is -2.48. The van der Waals surface area contributed by atoms with Gasteiger partial charge in [0.25, 0.3) is 10.0 Å². The summed E-state index contributed by atoms with van der Waals surface area (Å²) < 4.78 is 35.7. The average Bonchev–Trinajstić information content (AvgIpc) is 3.52. The number of imidazole rings is 1. The van der Waals surface area contributed by atoms with Crippen molar-refractivity contribution >= 4 is 44.8 Å². The largest absolute Gasteiger partial charge is 0.488 e. The number of hydrogen-bond acceptors (Lipinski definition) is 9. The Labute approximate surface area is 287 Å². The van der Waals surface area contributed by atoms with Crippen LogP contribution in [0.25, 0.3) is 0 Å². The molecule has 0 aliphatic carbocycles. The van der Waals surface area contributed by atoms with Gasteiger partial charge in [-0.2, -0.15) is 4.31 Å². The first-order chi connectivity index (χ1) is 23.3. The van der Waals surface area contributed by atoms with E-state index in [1.54, 1.807) is 65.9 Å². The molecule has 0 spiro atoms. The normalized spacial score (nSPS) is 17.3. The highest BCUT2D eigenvalue weighted by molar-refractivity contribution is 7.89. The number of amides is 3. The molecule has 2 heterocycles. The van der Waals surface area contributed by atoms with Gasteiger partial charge in [-0.3, -0.25) is 14.4 Å². The van der Waals surface area contributed by atoms with Crippen LogP contribution in [0.5, 0.6) is 5.75 Å². The van der Waals surface area contributed by atoms with E-state index in [-0.39, 0.29) is 61.2 Å². The van der Waals surface area contributed by atoms with E-state index in [1.165, 1.54) is 23.9 Å². The SMILES string of the molecule is C[C@@H]1CN([C@H](C)CO)C(=O)Cc2cc(NC(=O)CCCCCC(=O)Nc3ccccc3N)ccc2O[C@H]1CN(C)S(=O)(=O)c1cn(C)cn1. The molecule has 14 nitrogen and oxygen atoms in total. The van der Waals surface area contributed by atoms with Crippen LogP contribution in [0.1, 0.15) is 51.5 Å². The molecule has 0 saturated carbocycles. The number of aryl methyl sites for hydroxylation is 1. The predicted molar refractivity (Wildman–Crippen MR) is 186 cm³/mol. The minimum atomic E-state index is -3.92. The number of aliphatic hydroxyl groups is 1. The number of ether oxygens (including phenoxy) is 1. The van der Waals surface area contributed by atoms with Crippen LogP contribution in [0.4, 0.5) is 17.1 Å². The molecule has 1 aliphatic rings. The number of para-hydroxylation sites is 2. The lowest BCUT2D eigenvalue weighted by molar-refractivity contribution is -0.134. The summed E-state index contributed by atoms with van der Waals surface area (Å²) >= 11 is 0. The van der Waals surface area contributed by atoms with Crippen molar-refractivity contribution in [2.75, 3.05) is 43.1 Å². The maximum atomic E-state index is 13.5. The summed E-state index contributed by atoms with van der Waals surface area (Å²) in [6.07, 6.45) is 4.58. The van der Waals surface area contributed by atoms with E-state index in [9.17, 15) is 27.9 Å². The third-order valence-corrected chi connectivity index (χ3v) is 10.2. The van der Waals surface area contributed by atoms with E-state index >= 15 is 0 Å². The number of carbonyl (C=O) groups is 3. The Bertz CT molecular complexity index is 1730. The number of unbranched alkanes of at least 4 members (excludes halogenated alkanes) is 2. The summed E-state index contributed by atoms with van der Waals surface area (Å²) in [7, 11) is -0.771. The van der Waals surface area contributed by atoms with Crippen molar-refractivity contribution in [3.8, 4) is 5.75 Å². The fourth-order valence-electron chi connectivity index (χ4n) is 5.55. The zero-order valence-corrected chi connectivity index (χ0v) is 29.3. The van der Waals surface area contributed by atoms with Gasteiger partial charge in [-0.25, -0.2) is 13.4 Å². The first-order valence-electron chi connectivity index (χ1n) is 16.4. The number of nitrogens with zero attached hydrogens (tertiary/aromatic N) is 4. The van der Waals surface area contributed by atoms with E-state index < -0.39 is 22.2 Å². The summed E-state index contributed by atoms with van der Waals surface area (Å²) in [6.45, 7) is 3.60. The molecule has 266 valence electrons. The lowest BCUT2D eigenvalue weighted by Gasteiger charge is -2.33. The van der Waals surface area contributed by atoms with Crippen molar-refractivity contribution in [2.24, 2.45) is 13.0 Å². The van der Waals surface area contributed by atoms with Crippen LogP contribution in [0.3, 0.4) is 0 Å². The van der Waals surface area contributed by atoms with Gasteiger partial charge < -0.3 is 35.7 Å². The van der Waals surface area contributed by atoms with E-state index in [2.05, 4.69) is 15.6 Å². The highest BCUT2D eigenvalue weighted by Gasteiger charge is 2.34. The number of rotatable bonds is 14. The molecular formula is C34H47N7O7S. The Morgan fingerprint density at radius 2 is 1.82 bits per heavy atom. The first-order valence-corrected chi connectivity index (χ1v) is 17.8. The molecule has 15 heteroatoms. The second-order valence-electron chi connectivity index (χ2n) is 12.6. The minimum absolute atomic E-state index is 0.0183. The minimum Gasteiger partial charge on any atom is -0.488 e. The molecule has 1 aromatic heterocycles. The van der Waals surface area contributed by atoms with Gasteiger partial charge >= 0.3 is 0 Å². The Morgan fingerprint density at radius 3 is 2.47 bits per heavy atom. The number of aromatic nitrogens is 2. The maximum Gasteiger partial charge on any atom is 0.261 e. The zero-order valence-electron chi connectivity index (χ0n) is 28.5. The Kier molecular flexibility index (Phi) is 12.8. The van der Waals surface area contributed by atoms with Gasteiger partial charge in [0.1, 0.15) is 11.9 Å². The predicted octanol–water partition coefficient (Wildman–Crippen LogP) is 3.00. The highest BCUT2D eigenvalue weighted by Crippen LogP contribution is 2.30. The van der Waals surface area contributed by atoms with Crippen molar-refractivity contribution in [2.45, 2.75) is 69.5 Å². The number of sulfonamides is 1. The van der Waals surface area contributed by atoms with Crippen LogP contribution in [0, 0.1) is 5.92 Å². The van der Waals surface area contributed by atoms with E-state index in [4.69, 9.17) is 10.5 Å². The molecular weight excluding hydrogens is 650 g/mol. The summed E-state index contributed by atoms with van der Waals surface area (Å²) in [5.74, 6) is -0.482. The molecule has 3 atom stereocenters. The number of likely N-dealkylation sites (N-methyl/N-ethyl adjacent to an activating group) is 1. The Balaban J connectivity index is 1.40. The Morgan fingerprint density at radius 1 is 1.12 bits per heavy atom. The van der Waals surface area contributed by atoms with Crippen molar-refractivity contribution in [3.05, 3.63) is 60.6 Å². The standard InChI is InChI=1S/C34H47N7O7S/c1-23-18-41(24(2)21-42)34(45)17-25-16-26(37-31(43)12-6-5-7-13-32(44)38-28-11-9-8-10-27(28)35)14-15-29(25)48-30(23)19-40(4)49(46,47)33-20-39(3)22-36-33/h8-11,14-16,20,22-24,30,42H,5-7,12-13,17-19,21,35H2,1-4H3,(H,37,43)(H,38,44)/t23-,24-,30+/m1/s1. The fourth-order valence-corrected chi connectivity index (χ4v) is 6.70. The number of fused-ring (bicyclic) bond motifs is 1. The number of hydrogen-bond donors (Lipinski definition) is 4. The van der Waals surface area contributed by atoms with Gasteiger partial charge in [0.2, 0.25) is 17.7 Å². The van der Waals surface area contributed by atoms with Gasteiger partial charge in [-0.15, -0.1) is 0 Å². The summed E-state index contributed by atoms with van der Waals surface area (Å²) in [5.41, 5.74) is 7.96. The van der Waals surface area contributed by atoms with Gasteiger partial charge in [-0.05, 0) is 50.1 Å². The van der Waals surface area contributed by atoms with Gasteiger partial charge in [0.05, 0.1) is 43.3 Å². The summed E-state index contributed by atoms with van der Waals surface area (Å²) in [4.78, 5) is 44.2. The topological polar surface area (TPSA) is 189 Å². The molecule has 3 aromatic rings. The zero-order chi connectivity index (χ0) is 35.7. The third-order valence-electron chi connectivity index (χ3n) is 8.54. The maximum absolute atomic E-state index is 13.5. The van der Waals surface area contributed by atoms with Gasteiger partial charge in [-0.1, -0.05) is 25.5 Å². The van der Waals surface area contributed by atoms with E-state index in [1.807, 2.05) is 6.92 Å². The van der Waals surface area contributed by atoms with Crippen molar-refractivity contribution in [1.29, 1.82) is 0 Å². The third kappa shape index (κ3) is 10.0. The van der Waals surface area contributed by atoms with Gasteiger partial charge in [0.15, 0.2) is 5.03 Å². The van der Waals surface area contributed by atoms with Crippen LogP contribution < -0.4 is 21.1 Å². The van der Waals surface area contributed by atoms with Crippen LogP contribution in [-0.2, 0) is 37.9 Å². The molecule has 1 aliphatic heterocycles. The second kappa shape index (κ2) is 16.8. The number of nitrogens with two attached hydrogens (primary N) is 1. The Hall–Kier alpha value is -4.47. The molecule has 0 radical (unpaired) electrons. The second-order valence-corrected chi connectivity index (χ2v) is 14.6. The number of benzene rings is 2. The molecule has 3 amide bonds. The smallest absolute Gasteiger partial charge is 0.261 e. The average molecular weight is 698 g/mol. The summed E-state index contributed by atoms with van der Waals surface area (Å²) in [6, 6.07) is 11.6. The van der Waals surface area contributed by atoms with Crippen molar-refractivity contribution in [3.63, 3.8) is 0 Å². The number of aliphatic hydroxyl groups excluding tert-OH is 1. The number of anilines is 3. The number of carbonyl (C=O) groups excluding carboxylic acids is 3. The molecule has 0 unspecified atom stereocenters. The monoisotopic (exact) mass is 697 g/mol. The van der Waals surface area contributed by atoms with E-state index in [0.29, 0.717) is 54.1 Å². The molecule has 49 heavy (non-hydrogen) atoms. The fraction of sp³-hybridized carbons (Fsp3) is 0.471. The van der Waals surface area contributed by atoms with Crippen LogP contribution in [0.2, 0.25) is 0 Å². The molecule has 2 aromatic carbocycles. The van der Waals surface area contributed by atoms with Crippen molar-refractivity contribution in [1.82, 2.24) is 18.8 Å². The summed E-state index contributed by atoms with van der Waals surface area (Å²) in [5, 5.41) is 15.5. The van der Waals surface area contributed by atoms with E-state index in [0.717, 1.165) is 0 Å². The highest BCUT2D eigenvalue weighted by atomic mass is 32.2. The molecule has 0 fully saturated rings. The molecule has 4 rings (SSSR count). The number of nitrogen functional groups attached to an aromatic ring is 1. The van der Waals surface area contributed by atoms with Gasteiger partial charge in [0, 0.05) is 56.8 Å². The molecule has 5 N–H and O–H groups in total. The lowest BCUT2D eigenvalue weighted by atomic mass is 10.0. The number of nitrogens with one attached hydrogen (secondary N) is 2. The van der Waals surface area contributed by atoms with Crippen molar-refractivity contribution < 1.29 is 32.6 Å². The first kappa shape index (κ1) is 37.4.